The van der Waals surface area contributed by atoms with Crippen molar-refractivity contribution in [2.24, 2.45) is 0 Å². The summed E-state index contributed by atoms with van der Waals surface area (Å²) in [5.41, 5.74) is -0.535. The van der Waals surface area contributed by atoms with Crippen molar-refractivity contribution in [2.75, 3.05) is 26.4 Å². The van der Waals surface area contributed by atoms with E-state index in [-0.39, 0.29) is 0 Å². The van der Waals surface area contributed by atoms with Gasteiger partial charge < -0.3 is 9.47 Å². The summed E-state index contributed by atoms with van der Waals surface area (Å²) in [5.74, 6) is 0. The third kappa shape index (κ3) is 44.7. The largest absolute Gasteiger partial charge is 0.381 e. The standard InChI is InChI=1S/2C10H22O.CH2O4S/c2*1-3-5-7-9-11-10-8-6-4-2;2-1-6(3,4)5/h2*3-10H2,1-2H3;1H,(H,3,4,5). The van der Waals surface area contributed by atoms with Crippen LogP contribution in [0.1, 0.15) is 105 Å². The van der Waals surface area contributed by atoms with Crippen LogP contribution in [0.25, 0.3) is 0 Å². The van der Waals surface area contributed by atoms with Gasteiger partial charge >= 0.3 is 10.1 Å². The van der Waals surface area contributed by atoms with Crippen LogP contribution in [0.2, 0.25) is 0 Å². The fraction of sp³-hybridized carbons (Fsp3) is 0.952. The van der Waals surface area contributed by atoms with Crippen molar-refractivity contribution < 1.29 is 27.2 Å². The average Bonchev–Trinajstić information content (AvgIpc) is 2.67. The average molecular weight is 427 g/mol. The minimum Gasteiger partial charge on any atom is -0.381 e. The number of rotatable bonds is 17. The van der Waals surface area contributed by atoms with Crippen molar-refractivity contribution in [1.82, 2.24) is 0 Å². The molecule has 0 radical (unpaired) electrons. The monoisotopic (exact) mass is 426 g/mol. The molecule has 0 heterocycles. The molecule has 0 bridgehead atoms. The number of unbranched alkanes of at least 4 members (excludes halogenated alkanes) is 8. The molecular formula is C21H46O6S. The first-order valence-corrected chi connectivity index (χ1v) is 12.5. The van der Waals surface area contributed by atoms with Crippen LogP contribution in [0.5, 0.6) is 0 Å². The Bertz CT molecular complexity index is 325. The molecule has 0 aromatic carbocycles. The van der Waals surface area contributed by atoms with E-state index in [9.17, 15) is 8.42 Å². The Morgan fingerprint density at radius 1 is 0.607 bits per heavy atom. The van der Waals surface area contributed by atoms with E-state index >= 15 is 0 Å². The van der Waals surface area contributed by atoms with Gasteiger partial charge in [-0.25, -0.2) is 0 Å². The first-order valence-electron chi connectivity index (χ1n) is 11.0. The fourth-order valence-corrected chi connectivity index (χ4v) is 2.02. The lowest BCUT2D eigenvalue weighted by atomic mass is 10.2. The molecule has 7 heteroatoms. The summed E-state index contributed by atoms with van der Waals surface area (Å²) in [6.45, 7) is 12.8. The molecule has 0 atom stereocenters. The van der Waals surface area contributed by atoms with E-state index in [1.807, 2.05) is 0 Å². The maximum absolute atomic E-state index is 9.19. The van der Waals surface area contributed by atoms with Crippen LogP contribution in [0.15, 0.2) is 0 Å². The van der Waals surface area contributed by atoms with Gasteiger partial charge in [0, 0.05) is 26.4 Å². The summed E-state index contributed by atoms with van der Waals surface area (Å²) in [7, 11) is -4.34. The van der Waals surface area contributed by atoms with Crippen LogP contribution in [0, 0.1) is 0 Å². The zero-order valence-electron chi connectivity index (χ0n) is 18.8. The van der Waals surface area contributed by atoms with E-state index < -0.39 is 15.7 Å². The number of hydrogen-bond acceptors (Lipinski definition) is 5. The van der Waals surface area contributed by atoms with Gasteiger partial charge in [0.25, 0.3) is 5.62 Å². The second-order valence-corrected chi connectivity index (χ2v) is 7.89. The van der Waals surface area contributed by atoms with Crippen molar-refractivity contribution in [1.29, 1.82) is 0 Å². The SMILES string of the molecule is CCCCCOCCCCC.CCCCCOCCCCC.O=CS(=O)(=O)O. The van der Waals surface area contributed by atoms with E-state index in [0.29, 0.717) is 0 Å². The molecule has 0 saturated heterocycles. The molecule has 6 nitrogen and oxygen atoms in total. The Morgan fingerprint density at radius 2 is 0.821 bits per heavy atom. The second-order valence-electron chi connectivity index (χ2n) is 6.66. The summed E-state index contributed by atoms with van der Waals surface area (Å²) in [5, 5.41) is 0. The lowest BCUT2D eigenvalue weighted by Crippen LogP contribution is -1.96. The van der Waals surface area contributed by atoms with Crippen molar-refractivity contribution in [2.45, 2.75) is 105 Å². The minimum absolute atomic E-state index is 0.535. The van der Waals surface area contributed by atoms with E-state index in [0.717, 1.165) is 26.4 Å². The topological polar surface area (TPSA) is 89.9 Å². The molecule has 0 spiro atoms. The third-order valence-corrected chi connectivity index (χ3v) is 3.93. The molecule has 172 valence electrons. The highest BCUT2D eigenvalue weighted by molar-refractivity contribution is 7.99. The van der Waals surface area contributed by atoms with Crippen LogP contribution in [0.4, 0.5) is 0 Å². The van der Waals surface area contributed by atoms with E-state index in [4.69, 9.17) is 18.8 Å². The fourth-order valence-electron chi connectivity index (χ4n) is 2.02. The number of carbonyl (C=O) groups excluding carboxylic acids is 1. The maximum Gasteiger partial charge on any atom is 0.325 e. The third-order valence-electron chi connectivity index (χ3n) is 3.69. The molecule has 0 amide bonds. The maximum atomic E-state index is 9.19. The molecule has 0 fully saturated rings. The summed E-state index contributed by atoms with van der Waals surface area (Å²) < 4.78 is 36.7. The van der Waals surface area contributed by atoms with Gasteiger partial charge in [0.05, 0.1) is 0 Å². The first-order chi connectivity index (χ1) is 13.4. The second kappa shape index (κ2) is 28.7. The molecule has 0 rings (SSSR count). The van der Waals surface area contributed by atoms with Crippen LogP contribution in [-0.4, -0.2) is 45.0 Å². The summed E-state index contributed by atoms with van der Waals surface area (Å²) in [6, 6.07) is 0. The summed E-state index contributed by atoms with van der Waals surface area (Å²) >= 11 is 0. The van der Waals surface area contributed by atoms with Crippen molar-refractivity contribution in [3.8, 4) is 0 Å². The van der Waals surface area contributed by atoms with E-state index in [2.05, 4.69) is 27.7 Å². The normalized spacial score (nSPS) is 10.5. The van der Waals surface area contributed by atoms with Gasteiger partial charge in [-0.05, 0) is 25.7 Å². The molecular weight excluding hydrogens is 380 g/mol. The Hall–Kier alpha value is -0.500. The van der Waals surface area contributed by atoms with Gasteiger partial charge in [-0.15, -0.1) is 0 Å². The van der Waals surface area contributed by atoms with Gasteiger partial charge in [0.1, 0.15) is 0 Å². The minimum atomic E-state index is -4.34. The lowest BCUT2D eigenvalue weighted by Gasteiger charge is -2.01. The molecule has 0 aromatic heterocycles. The Kier molecular flexibility index (Phi) is 33.0. The number of hydrogen-bond donors (Lipinski definition) is 1. The number of carbonyl (C=O) groups is 1. The molecule has 28 heavy (non-hydrogen) atoms. The van der Waals surface area contributed by atoms with Crippen molar-refractivity contribution in [3.63, 3.8) is 0 Å². The highest BCUT2D eigenvalue weighted by Crippen LogP contribution is 1.98. The Morgan fingerprint density at radius 3 is 0.964 bits per heavy atom. The lowest BCUT2D eigenvalue weighted by molar-refractivity contribution is 0.126. The molecule has 0 aliphatic heterocycles. The smallest absolute Gasteiger partial charge is 0.325 e. The van der Waals surface area contributed by atoms with Gasteiger partial charge in [0.15, 0.2) is 0 Å². The van der Waals surface area contributed by atoms with Gasteiger partial charge in [-0.3, -0.25) is 9.35 Å². The first kappa shape index (κ1) is 32.2. The van der Waals surface area contributed by atoms with Crippen LogP contribution < -0.4 is 0 Å². The zero-order chi connectivity index (χ0) is 21.9. The predicted octanol–water partition coefficient (Wildman–Crippen LogP) is 5.83. The molecule has 0 aromatic rings. The zero-order valence-corrected chi connectivity index (χ0v) is 19.6. The Balaban J connectivity index is -0.000000351. The van der Waals surface area contributed by atoms with Gasteiger partial charge in [-0.2, -0.15) is 8.42 Å². The Labute approximate surface area is 174 Å². The predicted molar refractivity (Wildman–Crippen MR) is 118 cm³/mol. The van der Waals surface area contributed by atoms with Gasteiger partial charge in [-0.1, -0.05) is 79.1 Å². The van der Waals surface area contributed by atoms with Crippen molar-refractivity contribution >= 4 is 15.7 Å². The van der Waals surface area contributed by atoms with Crippen LogP contribution >= 0.6 is 0 Å². The van der Waals surface area contributed by atoms with Crippen LogP contribution in [0.3, 0.4) is 0 Å². The van der Waals surface area contributed by atoms with E-state index in [1.165, 1.54) is 77.0 Å². The number of ether oxygens (including phenoxy) is 2. The highest BCUT2D eigenvalue weighted by atomic mass is 32.2. The quantitative estimate of drug-likeness (QED) is 0.179. The molecule has 0 saturated carbocycles. The van der Waals surface area contributed by atoms with E-state index in [1.54, 1.807) is 0 Å². The highest BCUT2D eigenvalue weighted by Gasteiger charge is 1.94. The molecule has 0 aliphatic carbocycles. The van der Waals surface area contributed by atoms with Gasteiger partial charge in [0.2, 0.25) is 0 Å². The van der Waals surface area contributed by atoms with Crippen LogP contribution in [-0.2, 0) is 24.4 Å². The summed E-state index contributed by atoms with van der Waals surface area (Å²) in [4.78, 5) is 8.99. The summed E-state index contributed by atoms with van der Waals surface area (Å²) in [6.07, 6.45) is 15.4. The molecule has 0 aliphatic rings. The van der Waals surface area contributed by atoms with Crippen molar-refractivity contribution in [3.05, 3.63) is 0 Å². The molecule has 0 unspecified atom stereocenters. The molecule has 1 N–H and O–H groups in total.